The van der Waals surface area contributed by atoms with Crippen molar-refractivity contribution in [2.75, 3.05) is 19.5 Å². The summed E-state index contributed by atoms with van der Waals surface area (Å²) < 4.78 is 47.5. The Morgan fingerprint density at radius 1 is 1.21 bits per heavy atom. The molecule has 0 spiro atoms. The molecule has 0 fully saturated rings. The van der Waals surface area contributed by atoms with Gasteiger partial charge in [-0.3, -0.25) is 0 Å². The van der Waals surface area contributed by atoms with Gasteiger partial charge in [-0.05, 0) is 25.1 Å². The van der Waals surface area contributed by atoms with E-state index in [1.54, 1.807) is 6.92 Å². The maximum atomic E-state index is 12.5. The molecule has 1 N–H and O–H groups in total. The standard InChI is InChI=1S/C12H15ClF3NO2/c1-7(11(18-2)19-3)17-10-5-4-8(6-9(10)13)12(14,15)16/h4-7,11,17H,1-3H3. The predicted molar refractivity (Wildman–Crippen MR) is 67.3 cm³/mol. The first kappa shape index (κ1) is 16.1. The highest BCUT2D eigenvalue weighted by Crippen LogP contribution is 2.34. The number of nitrogens with one attached hydrogen (secondary N) is 1. The smallest absolute Gasteiger partial charge is 0.376 e. The summed E-state index contributed by atoms with van der Waals surface area (Å²) in [5.41, 5.74) is -0.396. The van der Waals surface area contributed by atoms with E-state index in [1.165, 1.54) is 20.3 Å². The van der Waals surface area contributed by atoms with Crippen molar-refractivity contribution in [3.63, 3.8) is 0 Å². The lowest BCUT2D eigenvalue weighted by atomic mass is 10.2. The zero-order chi connectivity index (χ0) is 14.6. The molecule has 0 saturated heterocycles. The van der Waals surface area contributed by atoms with E-state index in [-0.39, 0.29) is 11.1 Å². The highest BCUT2D eigenvalue weighted by atomic mass is 35.5. The lowest BCUT2D eigenvalue weighted by Crippen LogP contribution is -2.33. The van der Waals surface area contributed by atoms with Gasteiger partial charge in [0.15, 0.2) is 6.29 Å². The van der Waals surface area contributed by atoms with Crippen molar-refractivity contribution < 1.29 is 22.6 Å². The minimum Gasteiger partial charge on any atom is -0.376 e. The molecule has 0 bridgehead atoms. The van der Waals surface area contributed by atoms with Gasteiger partial charge < -0.3 is 14.8 Å². The fraction of sp³-hybridized carbons (Fsp3) is 0.500. The van der Waals surface area contributed by atoms with Gasteiger partial charge in [0.25, 0.3) is 0 Å². The van der Waals surface area contributed by atoms with Crippen LogP contribution in [0, 0.1) is 0 Å². The van der Waals surface area contributed by atoms with Gasteiger partial charge in [0, 0.05) is 14.2 Å². The molecule has 7 heteroatoms. The molecule has 0 aromatic heterocycles. The number of hydrogen-bond donors (Lipinski definition) is 1. The van der Waals surface area contributed by atoms with Crippen LogP contribution in [-0.2, 0) is 15.7 Å². The van der Waals surface area contributed by atoms with Crippen molar-refractivity contribution >= 4 is 17.3 Å². The van der Waals surface area contributed by atoms with E-state index in [0.29, 0.717) is 5.69 Å². The number of alkyl halides is 3. The molecular weight excluding hydrogens is 283 g/mol. The Hall–Kier alpha value is -0.980. The molecule has 0 amide bonds. The summed E-state index contributed by atoms with van der Waals surface area (Å²) in [4.78, 5) is 0. The Bertz CT molecular complexity index is 422. The van der Waals surface area contributed by atoms with Crippen molar-refractivity contribution in [1.82, 2.24) is 0 Å². The van der Waals surface area contributed by atoms with Crippen LogP contribution in [-0.4, -0.2) is 26.6 Å². The van der Waals surface area contributed by atoms with Crippen LogP contribution in [0.4, 0.5) is 18.9 Å². The van der Waals surface area contributed by atoms with E-state index in [0.717, 1.165) is 12.1 Å². The normalized spacial score (nSPS) is 13.7. The average molecular weight is 298 g/mol. The zero-order valence-electron chi connectivity index (χ0n) is 10.7. The monoisotopic (exact) mass is 297 g/mol. The molecule has 0 saturated carbocycles. The first-order valence-corrected chi connectivity index (χ1v) is 5.86. The number of anilines is 1. The number of benzene rings is 1. The van der Waals surface area contributed by atoms with Gasteiger partial charge in [-0.15, -0.1) is 0 Å². The molecule has 1 aromatic rings. The van der Waals surface area contributed by atoms with E-state index < -0.39 is 18.0 Å². The lowest BCUT2D eigenvalue weighted by Gasteiger charge is -2.23. The molecular formula is C12H15ClF3NO2. The summed E-state index contributed by atoms with van der Waals surface area (Å²) >= 11 is 5.83. The van der Waals surface area contributed by atoms with Crippen molar-refractivity contribution in [3.05, 3.63) is 28.8 Å². The van der Waals surface area contributed by atoms with Crippen LogP contribution in [0.3, 0.4) is 0 Å². The van der Waals surface area contributed by atoms with Crippen LogP contribution >= 0.6 is 11.6 Å². The number of methoxy groups -OCH3 is 2. The number of hydrogen-bond acceptors (Lipinski definition) is 3. The molecule has 0 aliphatic heterocycles. The minimum atomic E-state index is -4.41. The molecule has 1 aromatic carbocycles. The summed E-state index contributed by atoms with van der Waals surface area (Å²) in [6, 6.07) is 2.86. The zero-order valence-corrected chi connectivity index (χ0v) is 11.5. The molecule has 0 radical (unpaired) electrons. The van der Waals surface area contributed by atoms with Gasteiger partial charge in [0.2, 0.25) is 0 Å². The van der Waals surface area contributed by atoms with Crippen LogP contribution in [0.1, 0.15) is 12.5 Å². The molecule has 0 aliphatic carbocycles. The van der Waals surface area contributed by atoms with Gasteiger partial charge in [-0.2, -0.15) is 13.2 Å². The fourth-order valence-electron chi connectivity index (χ4n) is 1.63. The highest BCUT2D eigenvalue weighted by Gasteiger charge is 2.31. The molecule has 0 aliphatic rings. The Morgan fingerprint density at radius 2 is 1.79 bits per heavy atom. The predicted octanol–water partition coefficient (Wildman–Crippen LogP) is 3.78. The van der Waals surface area contributed by atoms with E-state index in [9.17, 15) is 13.2 Å². The molecule has 1 rings (SSSR count). The summed E-state index contributed by atoms with van der Waals surface area (Å²) in [6.07, 6.45) is -4.94. The van der Waals surface area contributed by atoms with Crippen LogP contribution in [0.2, 0.25) is 5.02 Å². The van der Waals surface area contributed by atoms with Gasteiger partial charge in [0.05, 0.1) is 22.3 Å². The first-order chi connectivity index (χ1) is 8.79. The molecule has 1 atom stereocenters. The number of halogens is 4. The maximum Gasteiger partial charge on any atom is 0.416 e. The molecule has 108 valence electrons. The molecule has 3 nitrogen and oxygen atoms in total. The molecule has 19 heavy (non-hydrogen) atoms. The quantitative estimate of drug-likeness (QED) is 0.839. The lowest BCUT2D eigenvalue weighted by molar-refractivity contribution is -0.137. The van der Waals surface area contributed by atoms with E-state index in [4.69, 9.17) is 21.1 Å². The third-order valence-electron chi connectivity index (χ3n) is 2.55. The SMILES string of the molecule is COC(OC)C(C)Nc1ccc(C(F)(F)F)cc1Cl. The average Bonchev–Trinajstić information content (AvgIpc) is 2.32. The van der Waals surface area contributed by atoms with Crippen LogP contribution in [0.25, 0.3) is 0 Å². The third kappa shape index (κ3) is 4.26. The maximum absolute atomic E-state index is 12.5. The van der Waals surface area contributed by atoms with Gasteiger partial charge in [0.1, 0.15) is 0 Å². The first-order valence-electron chi connectivity index (χ1n) is 5.48. The Morgan fingerprint density at radius 3 is 2.21 bits per heavy atom. The van der Waals surface area contributed by atoms with Crippen LogP contribution in [0.5, 0.6) is 0 Å². The van der Waals surface area contributed by atoms with E-state index in [1.807, 2.05) is 0 Å². The Labute approximate surface area is 114 Å². The summed E-state index contributed by atoms with van der Waals surface area (Å²) in [5, 5.41) is 2.93. The summed E-state index contributed by atoms with van der Waals surface area (Å²) in [5.74, 6) is 0. The number of rotatable bonds is 5. The van der Waals surface area contributed by atoms with Crippen molar-refractivity contribution in [3.8, 4) is 0 Å². The largest absolute Gasteiger partial charge is 0.416 e. The van der Waals surface area contributed by atoms with Crippen molar-refractivity contribution in [2.45, 2.75) is 25.4 Å². The van der Waals surface area contributed by atoms with E-state index in [2.05, 4.69) is 5.32 Å². The fourth-order valence-corrected chi connectivity index (χ4v) is 1.86. The van der Waals surface area contributed by atoms with Crippen LogP contribution < -0.4 is 5.32 Å². The van der Waals surface area contributed by atoms with Crippen LogP contribution in [0.15, 0.2) is 18.2 Å². The summed E-state index contributed by atoms with van der Waals surface area (Å²) in [7, 11) is 2.95. The second-order valence-corrected chi connectivity index (χ2v) is 4.37. The van der Waals surface area contributed by atoms with E-state index >= 15 is 0 Å². The topological polar surface area (TPSA) is 30.5 Å². The minimum absolute atomic E-state index is 0.00682. The molecule has 1 unspecified atom stereocenters. The highest BCUT2D eigenvalue weighted by molar-refractivity contribution is 6.33. The summed E-state index contributed by atoms with van der Waals surface area (Å²) in [6.45, 7) is 1.77. The van der Waals surface area contributed by atoms with Crippen molar-refractivity contribution in [1.29, 1.82) is 0 Å². The third-order valence-corrected chi connectivity index (χ3v) is 2.87. The van der Waals surface area contributed by atoms with Gasteiger partial charge in [-0.25, -0.2) is 0 Å². The van der Waals surface area contributed by atoms with Gasteiger partial charge >= 0.3 is 6.18 Å². The second-order valence-electron chi connectivity index (χ2n) is 3.97. The Kier molecular flexibility index (Phi) is 5.46. The van der Waals surface area contributed by atoms with Crippen molar-refractivity contribution in [2.24, 2.45) is 0 Å². The second kappa shape index (κ2) is 6.45. The number of ether oxygens (including phenoxy) is 2. The molecule has 0 heterocycles. The Balaban J connectivity index is 2.86. The van der Waals surface area contributed by atoms with Gasteiger partial charge in [-0.1, -0.05) is 11.6 Å².